The third-order valence-corrected chi connectivity index (χ3v) is 6.41. The highest BCUT2D eigenvalue weighted by Crippen LogP contribution is 2.30. The Bertz CT molecular complexity index is 775. The molecule has 7 nitrogen and oxygen atoms in total. The van der Waals surface area contributed by atoms with Crippen molar-refractivity contribution in [2.75, 3.05) is 19.0 Å². The molecule has 3 rings (SSSR count). The number of rotatable bonds is 3. The van der Waals surface area contributed by atoms with Gasteiger partial charge in [0.25, 0.3) is 0 Å². The summed E-state index contributed by atoms with van der Waals surface area (Å²) in [6.45, 7) is 0.302. The Balaban J connectivity index is 1.94. The van der Waals surface area contributed by atoms with E-state index in [1.54, 1.807) is 12.1 Å². The van der Waals surface area contributed by atoms with Gasteiger partial charge in [-0.1, -0.05) is 0 Å². The largest absolute Gasteiger partial charge is 0.468 e. The molecule has 2 aliphatic rings. The molecule has 0 bridgehead atoms. The number of fused-ring (bicyclic) bond motifs is 1. The molecule has 1 fully saturated rings. The quantitative estimate of drug-likeness (QED) is 0.828. The molecule has 8 heteroatoms. The summed E-state index contributed by atoms with van der Waals surface area (Å²) >= 11 is 0. The van der Waals surface area contributed by atoms with Gasteiger partial charge in [0.1, 0.15) is 6.04 Å². The number of hydrogen-bond acceptors (Lipinski definition) is 5. The van der Waals surface area contributed by atoms with Gasteiger partial charge in [0.2, 0.25) is 15.9 Å². The molecule has 0 aromatic heterocycles. The maximum atomic E-state index is 13.0. The highest BCUT2D eigenvalue weighted by atomic mass is 32.2. The van der Waals surface area contributed by atoms with Crippen LogP contribution in [0.3, 0.4) is 0 Å². The van der Waals surface area contributed by atoms with Gasteiger partial charge < -0.3 is 10.1 Å². The normalized spacial score (nSPS) is 21.7. The minimum absolute atomic E-state index is 0.0695. The predicted molar refractivity (Wildman–Crippen MR) is 86.9 cm³/mol. The average molecular weight is 352 g/mol. The second-order valence-corrected chi connectivity index (χ2v) is 7.91. The van der Waals surface area contributed by atoms with Gasteiger partial charge in [0, 0.05) is 18.7 Å². The first-order valence-corrected chi connectivity index (χ1v) is 9.40. The average Bonchev–Trinajstić information content (AvgIpc) is 2.60. The Morgan fingerprint density at radius 2 is 2.08 bits per heavy atom. The molecule has 0 unspecified atom stereocenters. The molecular weight excluding hydrogens is 332 g/mol. The van der Waals surface area contributed by atoms with Gasteiger partial charge in [-0.2, -0.15) is 4.31 Å². The van der Waals surface area contributed by atoms with Crippen LogP contribution in [0.15, 0.2) is 23.1 Å². The monoisotopic (exact) mass is 352 g/mol. The summed E-state index contributed by atoms with van der Waals surface area (Å²) in [4.78, 5) is 23.5. The Hall–Kier alpha value is -1.93. The van der Waals surface area contributed by atoms with Crippen molar-refractivity contribution in [3.8, 4) is 0 Å². The SMILES string of the molecule is COC(=O)[C@@H]1CCCCN1S(=O)(=O)c1ccc2c(c1)CCC(=O)N2. The molecule has 2 heterocycles. The van der Waals surface area contributed by atoms with E-state index >= 15 is 0 Å². The number of anilines is 1. The minimum atomic E-state index is -3.79. The first kappa shape index (κ1) is 16.9. The highest BCUT2D eigenvalue weighted by Gasteiger charge is 2.38. The number of hydrogen-bond donors (Lipinski definition) is 1. The lowest BCUT2D eigenvalue weighted by atomic mass is 10.0. The molecule has 1 amide bonds. The van der Waals surface area contributed by atoms with Gasteiger partial charge in [-0.05, 0) is 49.4 Å². The molecule has 1 aromatic carbocycles. The van der Waals surface area contributed by atoms with Gasteiger partial charge in [-0.15, -0.1) is 0 Å². The first-order valence-electron chi connectivity index (χ1n) is 7.96. The Morgan fingerprint density at radius 3 is 2.83 bits per heavy atom. The van der Waals surface area contributed by atoms with Crippen LogP contribution in [0.2, 0.25) is 0 Å². The zero-order chi connectivity index (χ0) is 17.3. The molecule has 0 saturated carbocycles. The van der Waals surface area contributed by atoms with Gasteiger partial charge >= 0.3 is 5.97 Å². The number of carbonyl (C=O) groups excluding carboxylic acids is 2. The lowest BCUT2D eigenvalue weighted by Crippen LogP contribution is -2.48. The number of sulfonamides is 1. The van der Waals surface area contributed by atoms with Crippen molar-refractivity contribution in [3.05, 3.63) is 23.8 Å². The smallest absolute Gasteiger partial charge is 0.324 e. The second kappa shape index (κ2) is 6.52. The summed E-state index contributed by atoms with van der Waals surface area (Å²) in [5, 5.41) is 2.73. The maximum absolute atomic E-state index is 13.0. The fourth-order valence-electron chi connectivity index (χ4n) is 3.22. The van der Waals surface area contributed by atoms with Crippen molar-refractivity contribution >= 4 is 27.6 Å². The fourth-order valence-corrected chi connectivity index (χ4v) is 4.92. The van der Waals surface area contributed by atoms with Gasteiger partial charge in [0.15, 0.2) is 0 Å². The number of nitrogens with one attached hydrogen (secondary N) is 1. The molecule has 1 N–H and O–H groups in total. The number of esters is 1. The van der Waals surface area contributed by atoms with Crippen molar-refractivity contribution in [1.82, 2.24) is 4.31 Å². The van der Waals surface area contributed by atoms with E-state index in [1.807, 2.05) is 0 Å². The third-order valence-electron chi connectivity index (χ3n) is 4.51. The number of amides is 1. The van der Waals surface area contributed by atoms with E-state index in [9.17, 15) is 18.0 Å². The molecule has 0 spiro atoms. The lowest BCUT2D eigenvalue weighted by Gasteiger charge is -2.33. The van der Waals surface area contributed by atoms with Crippen LogP contribution >= 0.6 is 0 Å². The molecule has 130 valence electrons. The number of ether oxygens (including phenoxy) is 1. The number of methoxy groups -OCH3 is 1. The summed E-state index contributed by atoms with van der Waals surface area (Å²) in [5.41, 5.74) is 1.44. The van der Waals surface area contributed by atoms with Crippen molar-refractivity contribution in [3.63, 3.8) is 0 Å². The van der Waals surface area contributed by atoms with E-state index < -0.39 is 22.0 Å². The second-order valence-electron chi connectivity index (χ2n) is 6.02. The number of carbonyl (C=O) groups is 2. The highest BCUT2D eigenvalue weighted by molar-refractivity contribution is 7.89. The third kappa shape index (κ3) is 3.03. The van der Waals surface area contributed by atoms with Crippen LogP contribution in [0, 0.1) is 0 Å². The fraction of sp³-hybridized carbons (Fsp3) is 0.500. The molecule has 24 heavy (non-hydrogen) atoms. The summed E-state index contributed by atoms with van der Waals surface area (Å²) < 4.78 is 32.0. The van der Waals surface area contributed by atoms with Crippen LogP contribution in [0.1, 0.15) is 31.2 Å². The zero-order valence-electron chi connectivity index (χ0n) is 13.4. The Morgan fingerprint density at radius 1 is 1.29 bits per heavy atom. The molecular formula is C16H20N2O5S. The topological polar surface area (TPSA) is 92.8 Å². The summed E-state index contributed by atoms with van der Waals surface area (Å²) in [7, 11) is -2.53. The van der Waals surface area contributed by atoms with Crippen molar-refractivity contribution < 1.29 is 22.7 Å². The van der Waals surface area contributed by atoms with E-state index in [1.165, 1.54) is 17.5 Å². The van der Waals surface area contributed by atoms with Gasteiger partial charge in [-0.3, -0.25) is 9.59 Å². The van der Waals surface area contributed by atoms with Crippen molar-refractivity contribution in [2.24, 2.45) is 0 Å². The van der Waals surface area contributed by atoms with Crippen LogP contribution in [0.5, 0.6) is 0 Å². The Kier molecular flexibility index (Phi) is 4.60. The molecule has 2 aliphatic heterocycles. The van der Waals surface area contributed by atoms with Gasteiger partial charge in [-0.25, -0.2) is 8.42 Å². The van der Waals surface area contributed by atoms with Crippen LogP contribution in [-0.4, -0.2) is 44.3 Å². The number of benzene rings is 1. The number of nitrogens with zero attached hydrogens (tertiary/aromatic N) is 1. The van der Waals surface area contributed by atoms with Crippen molar-refractivity contribution in [1.29, 1.82) is 0 Å². The van der Waals surface area contributed by atoms with E-state index in [4.69, 9.17) is 4.74 Å². The van der Waals surface area contributed by atoms with Gasteiger partial charge in [0.05, 0.1) is 12.0 Å². The van der Waals surface area contributed by atoms with Crippen LogP contribution in [0.25, 0.3) is 0 Å². The molecule has 0 radical (unpaired) electrons. The maximum Gasteiger partial charge on any atom is 0.324 e. The summed E-state index contributed by atoms with van der Waals surface area (Å²) in [6.07, 6.45) is 2.82. The van der Waals surface area contributed by atoms with E-state index in [-0.39, 0.29) is 10.8 Å². The molecule has 1 saturated heterocycles. The summed E-state index contributed by atoms with van der Waals surface area (Å²) in [5.74, 6) is -0.594. The minimum Gasteiger partial charge on any atom is -0.468 e. The lowest BCUT2D eigenvalue weighted by molar-refractivity contribution is -0.146. The predicted octanol–water partition coefficient (Wildman–Crippen LogP) is 1.29. The first-order chi connectivity index (χ1) is 11.4. The van der Waals surface area contributed by atoms with Crippen molar-refractivity contribution in [2.45, 2.75) is 43.0 Å². The zero-order valence-corrected chi connectivity index (χ0v) is 14.3. The van der Waals surface area contributed by atoms with Crippen LogP contribution < -0.4 is 5.32 Å². The molecule has 1 atom stereocenters. The molecule has 0 aliphatic carbocycles. The standard InChI is InChI=1S/C16H20N2O5S/c1-23-16(20)14-4-2-3-9-18(14)24(21,22)12-6-7-13-11(10-12)5-8-15(19)17-13/h6-7,10,14H,2-5,8-9H2,1H3,(H,17,19)/t14-/m0/s1. The number of piperidine rings is 1. The van der Waals surface area contributed by atoms with E-state index in [2.05, 4.69) is 5.32 Å². The Labute approximate surface area is 141 Å². The molecule has 1 aromatic rings. The van der Waals surface area contributed by atoms with Crippen LogP contribution in [-0.2, 0) is 30.8 Å². The van der Waals surface area contributed by atoms with Crippen LogP contribution in [0.4, 0.5) is 5.69 Å². The summed E-state index contributed by atoms with van der Waals surface area (Å²) in [6, 6.07) is 3.90. The van der Waals surface area contributed by atoms with E-state index in [0.717, 1.165) is 12.0 Å². The number of aryl methyl sites for hydroxylation is 1. The van der Waals surface area contributed by atoms with E-state index in [0.29, 0.717) is 37.9 Å².